The molecule has 10 aliphatic heterocycles. The van der Waals surface area contributed by atoms with E-state index in [1.165, 1.54) is 199 Å². The van der Waals surface area contributed by atoms with Gasteiger partial charge in [-0.05, 0) is 173 Å². The van der Waals surface area contributed by atoms with Crippen LogP contribution in [0.2, 0.25) is 0 Å². The van der Waals surface area contributed by atoms with Crippen LogP contribution in [0, 0.1) is 0 Å². The molecule has 0 radical (unpaired) electrons. The lowest BCUT2D eigenvalue weighted by Gasteiger charge is -2.10. The molecule has 0 bridgehead atoms. The van der Waals surface area contributed by atoms with Gasteiger partial charge in [-0.1, -0.05) is 237 Å². The average molecular weight is 1280 g/mol. The molecule has 10 heterocycles. The summed E-state index contributed by atoms with van der Waals surface area (Å²) in [5.41, 5.74) is 0. The van der Waals surface area contributed by atoms with Crippen LogP contribution in [0.4, 0.5) is 0 Å². The minimum atomic E-state index is 0. The fraction of sp³-hybridized carbons (Fsp3) is 0.986. The molecular formula is C74H190N6O5S. The summed E-state index contributed by atoms with van der Waals surface area (Å²) in [6, 6.07) is 0. The Morgan fingerprint density at radius 1 is 0.233 bits per heavy atom. The molecule has 0 aromatic heterocycles. The standard InChI is InChI=1S/C6H13N.C6H12O.C5H11N.C5H10O.C4H9NO.C4H7NO.C4H9N.C4H8O.C4H8S.C3H7N.10C2H6.9CH4/c2*1-2-4-6-7-5-3-1;2*1-2-4-6-5-3-1;1-3-6-4-2-5-1;6-4-2-1-3-5-4;3*1-2-4-5-3-1;1-2-4-3-1;10*1-2;;;;;;;;;/h7H,1-6H2;1-6H2;6H,1-5H2;1-5H2;5H,1-4H2;1-3H2,(H,5,6);5H,1-4H2;2*1-4H2;4H,1-3H2;10*1-2H3;9*1H4. The topological polar surface area (TPSA) is 126 Å². The van der Waals surface area contributed by atoms with Gasteiger partial charge in [0.2, 0.25) is 5.91 Å². The quantitative estimate of drug-likeness (QED) is 0.139. The summed E-state index contributed by atoms with van der Waals surface area (Å²) < 4.78 is 20.2. The Hall–Kier alpha value is -0.540. The highest BCUT2D eigenvalue weighted by Gasteiger charge is 2.05. The molecule has 0 atom stereocenters. The summed E-state index contributed by atoms with van der Waals surface area (Å²) >= 11 is 2.07. The Morgan fingerprint density at radius 3 is 0.570 bits per heavy atom. The summed E-state index contributed by atoms with van der Waals surface area (Å²) in [5, 5.41) is 18.8. The number of carbonyl (C=O) groups excluding carboxylic acids is 1. The molecule has 552 valence electrons. The van der Waals surface area contributed by atoms with E-state index in [-0.39, 0.29) is 72.7 Å². The normalized spacial score (nSPS) is 16.4. The Morgan fingerprint density at radius 2 is 0.430 bits per heavy atom. The lowest BCUT2D eigenvalue weighted by molar-refractivity contribution is -0.119. The maximum absolute atomic E-state index is 10.1. The molecule has 1 amide bonds. The molecule has 10 saturated heterocycles. The largest absolute Gasteiger partial charge is 0.381 e. The van der Waals surface area contributed by atoms with E-state index in [1.807, 2.05) is 138 Å². The highest BCUT2D eigenvalue weighted by Crippen LogP contribution is 2.14. The summed E-state index contributed by atoms with van der Waals surface area (Å²) in [7, 11) is 0. The van der Waals surface area contributed by atoms with E-state index in [2.05, 4.69) is 43.7 Å². The third-order valence-corrected chi connectivity index (χ3v) is 11.3. The molecule has 86 heavy (non-hydrogen) atoms. The molecule has 0 unspecified atom stereocenters. The van der Waals surface area contributed by atoms with Crippen molar-refractivity contribution in [2.24, 2.45) is 0 Å². The van der Waals surface area contributed by atoms with E-state index in [1.54, 1.807) is 0 Å². The zero-order valence-corrected chi connectivity index (χ0v) is 57.9. The van der Waals surface area contributed by atoms with Crippen molar-refractivity contribution in [2.75, 3.05) is 136 Å². The summed E-state index contributed by atoms with van der Waals surface area (Å²) in [5.74, 6) is 3.04. The highest BCUT2D eigenvalue weighted by molar-refractivity contribution is 7.99. The smallest absolute Gasteiger partial charge is 0.220 e. The molecule has 11 nitrogen and oxygen atoms in total. The van der Waals surface area contributed by atoms with Crippen LogP contribution in [0.1, 0.15) is 353 Å². The first kappa shape index (κ1) is 138. The highest BCUT2D eigenvalue weighted by atomic mass is 32.2. The van der Waals surface area contributed by atoms with Crippen molar-refractivity contribution >= 4 is 17.7 Å². The summed E-state index contributed by atoms with van der Waals surface area (Å²) in [6.45, 7) is 60.7. The van der Waals surface area contributed by atoms with Gasteiger partial charge in [0, 0.05) is 65.7 Å². The van der Waals surface area contributed by atoms with E-state index >= 15 is 0 Å². The summed E-state index contributed by atoms with van der Waals surface area (Å²) in [6.07, 6.45) is 30.5. The van der Waals surface area contributed by atoms with Crippen molar-refractivity contribution in [1.29, 1.82) is 0 Å². The van der Waals surface area contributed by atoms with E-state index in [9.17, 15) is 4.79 Å². The molecule has 0 saturated carbocycles. The SMILES string of the molecule is C.C.C.C.C.C.C.C.C.C1CCCNCC1.C1CCCOCC1.C1CCNC1.C1CCNCC1.C1CCOC1.C1CCOCC1.C1CCSC1.C1CNC1.C1COCCN1.CC.CC.CC.CC.CC.CC.CC.CC.CC.CC.O=C1CCCN1. The van der Waals surface area contributed by atoms with Gasteiger partial charge in [0.25, 0.3) is 0 Å². The second kappa shape index (κ2) is 178. The third-order valence-electron chi connectivity index (χ3n) is 10.1. The van der Waals surface area contributed by atoms with Gasteiger partial charge in [0.15, 0.2) is 0 Å². The Labute approximate surface area is 560 Å². The molecule has 12 heteroatoms. The second-order valence-corrected chi connectivity index (χ2v) is 16.9. The molecule has 10 fully saturated rings. The fourth-order valence-corrected chi connectivity index (χ4v) is 7.26. The van der Waals surface area contributed by atoms with Crippen LogP contribution in [0.5, 0.6) is 0 Å². The molecular weight excluding hydrogens is 1080 g/mol. The van der Waals surface area contributed by atoms with Crippen LogP contribution in [-0.2, 0) is 23.7 Å². The van der Waals surface area contributed by atoms with Crippen LogP contribution < -0.4 is 31.9 Å². The predicted octanol–water partition coefficient (Wildman–Crippen LogP) is 22.8. The molecule has 6 N–H and O–H groups in total. The maximum Gasteiger partial charge on any atom is 0.220 e. The number of hydrogen-bond acceptors (Lipinski definition) is 11. The lowest BCUT2D eigenvalue weighted by atomic mass is 10.2. The number of hydrogen-bond donors (Lipinski definition) is 6. The first-order chi connectivity index (χ1) is 38.4. The van der Waals surface area contributed by atoms with Crippen LogP contribution in [0.3, 0.4) is 0 Å². The first-order valence-electron chi connectivity index (χ1n) is 34.1. The minimum absolute atomic E-state index is 0. The number of morpholine rings is 1. The van der Waals surface area contributed by atoms with Gasteiger partial charge in [-0.15, -0.1) is 0 Å². The van der Waals surface area contributed by atoms with Crippen LogP contribution in [0.15, 0.2) is 0 Å². The van der Waals surface area contributed by atoms with Gasteiger partial charge in [0.1, 0.15) is 0 Å². The molecule has 10 aliphatic rings. The van der Waals surface area contributed by atoms with Crippen molar-refractivity contribution in [2.45, 2.75) is 353 Å². The van der Waals surface area contributed by atoms with E-state index in [0.29, 0.717) is 0 Å². The number of rotatable bonds is 0. The second-order valence-electron chi connectivity index (χ2n) is 15.7. The Bertz CT molecular complexity index is 583. The minimum Gasteiger partial charge on any atom is -0.381 e. The number of thioether (sulfide) groups is 1. The molecule has 0 spiro atoms. The maximum atomic E-state index is 10.1. The number of carbonyl (C=O) groups is 1. The van der Waals surface area contributed by atoms with Crippen LogP contribution in [0.25, 0.3) is 0 Å². The van der Waals surface area contributed by atoms with Crippen LogP contribution >= 0.6 is 11.8 Å². The molecule has 10 rings (SSSR count). The van der Waals surface area contributed by atoms with Gasteiger partial charge in [0.05, 0.1) is 13.2 Å². The predicted molar refractivity (Wildman–Crippen MR) is 418 cm³/mol. The fourth-order valence-electron chi connectivity index (χ4n) is 6.23. The van der Waals surface area contributed by atoms with Crippen molar-refractivity contribution < 1.29 is 23.7 Å². The van der Waals surface area contributed by atoms with Gasteiger partial charge < -0.3 is 50.8 Å². The van der Waals surface area contributed by atoms with Crippen molar-refractivity contribution in [3.8, 4) is 0 Å². The van der Waals surface area contributed by atoms with Crippen molar-refractivity contribution in [3.05, 3.63) is 0 Å². The van der Waals surface area contributed by atoms with E-state index in [4.69, 9.17) is 18.9 Å². The Kier molecular flexibility index (Phi) is 286. The van der Waals surface area contributed by atoms with Crippen molar-refractivity contribution in [3.63, 3.8) is 0 Å². The lowest BCUT2D eigenvalue weighted by Crippen LogP contribution is -2.30. The monoisotopic (exact) mass is 1280 g/mol. The van der Waals surface area contributed by atoms with Gasteiger partial charge >= 0.3 is 0 Å². The van der Waals surface area contributed by atoms with E-state index in [0.717, 1.165) is 85.3 Å². The van der Waals surface area contributed by atoms with E-state index < -0.39 is 0 Å². The van der Waals surface area contributed by atoms with Gasteiger partial charge in [-0.25, -0.2) is 0 Å². The van der Waals surface area contributed by atoms with Crippen molar-refractivity contribution in [1.82, 2.24) is 31.9 Å². The number of amides is 1. The zero-order valence-electron chi connectivity index (χ0n) is 57.1. The van der Waals surface area contributed by atoms with Crippen LogP contribution in [-0.4, -0.2) is 142 Å². The molecule has 0 aromatic carbocycles. The number of ether oxygens (including phenoxy) is 4. The number of piperidine rings is 1. The zero-order chi connectivity index (χ0) is 60.5. The Balaban J connectivity index is -0.0000000327. The number of nitrogens with one attached hydrogen (secondary N) is 6. The first-order valence-corrected chi connectivity index (χ1v) is 35.2. The molecule has 0 aliphatic carbocycles. The van der Waals surface area contributed by atoms with Gasteiger partial charge in [-0.2, -0.15) is 11.8 Å². The summed E-state index contributed by atoms with van der Waals surface area (Å²) in [4.78, 5) is 10.1. The third kappa shape index (κ3) is 172. The average Bonchev–Trinajstić information content (AvgIpc) is 4.43. The molecule has 0 aromatic rings. The van der Waals surface area contributed by atoms with Gasteiger partial charge in [-0.3, -0.25) is 4.79 Å².